The first-order valence-corrected chi connectivity index (χ1v) is 9.19. The summed E-state index contributed by atoms with van der Waals surface area (Å²) in [6, 6.07) is 11.7. The summed E-state index contributed by atoms with van der Waals surface area (Å²) in [7, 11) is 0. The molecule has 13 heteroatoms. The molecule has 0 aliphatic heterocycles. The first-order valence-electron chi connectivity index (χ1n) is 8.81. The van der Waals surface area contributed by atoms with Crippen molar-refractivity contribution < 1.29 is 9.55 Å². The van der Waals surface area contributed by atoms with Crippen molar-refractivity contribution in [2.45, 2.75) is 6.92 Å². The molecule has 31 heavy (non-hydrogen) atoms. The van der Waals surface area contributed by atoms with Crippen molar-refractivity contribution >= 4 is 52.1 Å². The molecule has 2 aromatic carbocycles. The zero-order valence-corrected chi connectivity index (χ0v) is 16.7. The number of hydrazine groups is 1. The number of hydrazone groups is 1. The van der Waals surface area contributed by atoms with Gasteiger partial charge in [0.25, 0.3) is 5.69 Å². The van der Waals surface area contributed by atoms with E-state index < -0.39 is 4.92 Å². The molecule has 4 rings (SSSR count). The lowest BCUT2D eigenvalue weighted by Crippen LogP contribution is -2.13. The van der Waals surface area contributed by atoms with Gasteiger partial charge in [0.1, 0.15) is 0 Å². The van der Waals surface area contributed by atoms with Crippen LogP contribution in [0.15, 0.2) is 52.2 Å². The second-order valence-electron chi connectivity index (χ2n) is 6.28. The number of halogens is 1. The van der Waals surface area contributed by atoms with Gasteiger partial charge < -0.3 is 0 Å². The van der Waals surface area contributed by atoms with Crippen LogP contribution in [0.1, 0.15) is 11.1 Å². The number of nitro groups is 1. The maximum Gasteiger partial charge on any atom is 0.270 e. The smallest absolute Gasteiger partial charge is 0.270 e. The summed E-state index contributed by atoms with van der Waals surface area (Å²) in [5.74, 6) is 0.478. The maximum atomic E-state index is 11.0. The Labute approximate surface area is 179 Å². The van der Waals surface area contributed by atoms with Gasteiger partial charge in [-0.2, -0.15) is 15.1 Å². The molecule has 0 aliphatic carbocycles. The molecule has 0 saturated carbocycles. The summed E-state index contributed by atoms with van der Waals surface area (Å²) < 4.78 is 4.66. The number of rotatable bonds is 7. The van der Waals surface area contributed by atoms with Gasteiger partial charge in [-0.1, -0.05) is 29.3 Å². The van der Waals surface area contributed by atoms with E-state index in [4.69, 9.17) is 11.6 Å². The van der Waals surface area contributed by atoms with Crippen LogP contribution in [-0.4, -0.2) is 31.4 Å². The quantitative estimate of drug-likeness (QED) is 0.220. The number of nitrogens with one attached hydrogen (secondary N) is 3. The van der Waals surface area contributed by atoms with Gasteiger partial charge in [0.2, 0.25) is 11.3 Å². The topological polar surface area (TPSA) is 156 Å². The van der Waals surface area contributed by atoms with Crippen LogP contribution in [0, 0.1) is 17.0 Å². The van der Waals surface area contributed by atoms with E-state index in [1.807, 2.05) is 31.2 Å². The summed E-state index contributed by atoms with van der Waals surface area (Å²) in [6.45, 7) is 1.99. The Balaban J connectivity index is 1.57. The molecule has 0 aliphatic rings. The second-order valence-corrected chi connectivity index (χ2v) is 6.69. The minimum Gasteiger partial charge on any atom is -0.300 e. The minimum absolute atomic E-state index is 0.106. The summed E-state index contributed by atoms with van der Waals surface area (Å²) in [4.78, 5) is 19.0. The molecule has 156 valence electrons. The SMILES string of the molecule is Cc1ccc(NNc2nc3nonc3nc2N/N=C/c2cc([N+](=O)[O-])ccc2Cl)cc1. The third kappa shape index (κ3) is 4.64. The number of non-ortho nitro benzene ring substituents is 1. The Morgan fingerprint density at radius 1 is 1.06 bits per heavy atom. The highest BCUT2D eigenvalue weighted by molar-refractivity contribution is 6.33. The van der Waals surface area contributed by atoms with Crippen molar-refractivity contribution in [3.8, 4) is 0 Å². The lowest BCUT2D eigenvalue weighted by atomic mass is 10.2. The van der Waals surface area contributed by atoms with Gasteiger partial charge in [-0.25, -0.2) is 4.63 Å². The van der Waals surface area contributed by atoms with Gasteiger partial charge in [0.15, 0.2) is 11.6 Å². The number of anilines is 3. The summed E-state index contributed by atoms with van der Waals surface area (Å²) >= 11 is 6.08. The van der Waals surface area contributed by atoms with Crippen LogP contribution >= 0.6 is 11.6 Å². The Kier molecular flexibility index (Phi) is 5.53. The number of aromatic nitrogens is 4. The molecule has 2 heterocycles. The van der Waals surface area contributed by atoms with Gasteiger partial charge in [0.05, 0.1) is 16.8 Å². The van der Waals surface area contributed by atoms with E-state index in [0.29, 0.717) is 10.6 Å². The largest absolute Gasteiger partial charge is 0.300 e. The summed E-state index contributed by atoms with van der Waals surface area (Å²) in [5, 5.41) is 22.7. The van der Waals surface area contributed by atoms with Gasteiger partial charge >= 0.3 is 0 Å². The molecule has 0 saturated heterocycles. The van der Waals surface area contributed by atoms with E-state index in [0.717, 1.165) is 11.3 Å². The van der Waals surface area contributed by atoms with E-state index in [9.17, 15) is 10.1 Å². The summed E-state index contributed by atoms with van der Waals surface area (Å²) in [6.07, 6.45) is 1.33. The Bertz CT molecular complexity index is 1270. The number of hydrogen-bond donors (Lipinski definition) is 3. The van der Waals surface area contributed by atoms with E-state index in [-0.39, 0.29) is 28.6 Å². The fourth-order valence-electron chi connectivity index (χ4n) is 2.48. The Morgan fingerprint density at radius 3 is 2.48 bits per heavy atom. The first kappa shape index (κ1) is 20.0. The highest BCUT2D eigenvalue weighted by atomic mass is 35.5. The van der Waals surface area contributed by atoms with Crippen molar-refractivity contribution in [3.05, 3.63) is 68.7 Å². The average Bonchev–Trinajstić information content (AvgIpc) is 3.21. The minimum atomic E-state index is -0.517. The van der Waals surface area contributed by atoms with E-state index >= 15 is 0 Å². The van der Waals surface area contributed by atoms with Gasteiger partial charge in [-0.3, -0.25) is 26.4 Å². The van der Waals surface area contributed by atoms with Gasteiger partial charge in [0, 0.05) is 22.7 Å². The predicted molar refractivity (Wildman–Crippen MR) is 115 cm³/mol. The van der Waals surface area contributed by atoms with Crippen molar-refractivity contribution in [1.29, 1.82) is 0 Å². The fraction of sp³-hybridized carbons (Fsp3) is 0.0556. The predicted octanol–water partition coefficient (Wildman–Crippen LogP) is 3.77. The van der Waals surface area contributed by atoms with Crippen LogP contribution in [-0.2, 0) is 0 Å². The number of nitrogens with zero attached hydrogens (tertiary/aromatic N) is 6. The molecule has 0 fully saturated rings. The lowest BCUT2D eigenvalue weighted by Gasteiger charge is -2.11. The number of benzene rings is 2. The van der Waals surface area contributed by atoms with E-state index in [1.165, 1.54) is 24.4 Å². The van der Waals surface area contributed by atoms with Gasteiger partial charge in [-0.05, 0) is 35.4 Å². The Morgan fingerprint density at radius 2 is 1.77 bits per heavy atom. The highest BCUT2D eigenvalue weighted by Gasteiger charge is 2.13. The third-order valence-corrected chi connectivity index (χ3v) is 4.40. The lowest BCUT2D eigenvalue weighted by molar-refractivity contribution is -0.384. The fourth-order valence-corrected chi connectivity index (χ4v) is 2.64. The molecular formula is C18H14ClN9O3. The molecule has 0 bridgehead atoms. The van der Waals surface area contributed by atoms with Crippen LogP contribution < -0.4 is 16.3 Å². The second kappa shape index (κ2) is 8.59. The van der Waals surface area contributed by atoms with E-state index in [1.54, 1.807) is 0 Å². The highest BCUT2D eigenvalue weighted by Crippen LogP contribution is 2.22. The van der Waals surface area contributed by atoms with Crippen LogP contribution in [0.2, 0.25) is 5.02 Å². The Hall–Kier alpha value is -4.32. The maximum absolute atomic E-state index is 11.0. The van der Waals surface area contributed by atoms with Crippen molar-refractivity contribution in [2.75, 3.05) is 16.3 Å². The molecular weight excluding hydrogens is 426 g/mol. The third-order valence-electron chi connectivity index (χ3n) is 4.06. The molecule has 0 atom stereocenters. The molecule has 0 radical (unpaired) electrons. The standard InChI is InChI=1S/C18H14ClN9O3/c1-10-2-4-12(5-3-10)23-25-16-15(21-17-18(22-16)27-31-26-17)24-20-9-11-8-13(28(29)30)6-7-14(11)19/h2-9,23H,1H3,(H,21,24,26)(H,22,25,27)/b20-9+. The number of aryl methyl sites for hydroxylation is 1. The van der Waals surface area contributed by atoms with Crippen molar-refractivity contribution in [3.63, 3.8) is 0 Å². The average molecular weight is 440 g/mol. The zero-order chi connectivity index (χ0) is 21.8. The van der Waals surface area contributed by atoms with Crippen LogP contribution in [0.5, 0.6) is 0 Å². The molecule has 4 aromatic rings. The zero-order valence-electron chi connectivity index (χ0n) is 15.9. The van der Waals surface area contributed by atoms with E-state index in [2.05, 4.69) is 46.3 Å². The molecule has 12 nitrogen and oxygen atoms in total. The normalized spacial score (nSPS) is 11.0. The molecule has 0 spiro atoms. The van der Waals surface area contributed by atoms with Crippen molar-refractivity contribution in [1.82, 2.24) is 20.3 Å². The molecule has 0 amide bonds. The monoisotopic (exact) mass is 439 g/mol. The first-order chi connectivity index (χ1) is 15.0. The van der Waals surface area contributed by atoms with Crippen LogP contribution in [0.4, 0.5) is 23.0 Å². The molecule has 0 unspecified atom stereocenters. The van der Waals surface area contributed by atoms with Crippen LogP contribution in [0.25, 0.3) is 11.3 Å². The molecule has 2 aromatic heterocycles. The van der Waals surface area contributed by atoms with Crippen LogP contribution in [0.3, 0.4) is 0 Å². The van der Waals surface area contributed by atoms with Crippen molar-refractivity contribution in [2.24, 2.45) is 5.10 Å². The molecule has 3 N–H and O–H groups in total. The van der Waals surface area contributed by atoms with Gasteiger partial charge in [-0.15, -0.1) is 0 Å². The number of nitro benzene ring substituents is 1. The number of hydrogen-bond acceptors (Lipinski definition) is 11. The number of fused-ring (bicyclic) bond motifs is 1. The summed E-state index contributed by atoms with van der Waals surface area (Å²) in [5.41, 5.74) is 11.2.